The quantitative estimate of drug-likeness (QED) is 0.738. The van der Waals surface area contributed by atoms with Crippen molar-refractivity contribution in [1.29, 1.82) is 0 Å². The van der Waals surface area contributed by atoms with E-state index >= 15 is 0 Å². The molecule has 3 N–H and O–H groups in total. The highest BCUT2D eigenvalue weighted by atomic mass is 16.6. The number of phenols is 1. The van der Waals surface area contributed by atoms with E-state index in [1.165, 1.54) is 12.1 Å². The molecule has 19 heavy (non-hydrogen) atoms. The number of hydrogen-bond donors (Lipinski definition) is 3. The largest absolute Gasteiger partial charge is 0.507 e. The minimum atomic E-state index is -0.600. The number of aromatic hydroxyl groups is 1. The molecular formula is C13H9NO5. The minimum Gasteiger partial charge on any atom is -0.507 e. The Morgan fingerprint density at radius 3 is 2.68 bits per heavy atom. The first-order valence-electron chi connectivity index (χ1n) is 5.55. The Hall–Kier alpha value is -2.76. The van der Waals surface area contributed by atoms with Gasteiger partial charge in [0.2, 0.25) is 17.3 Å². The molecular weight excluding hydrogens is 250 g/mol. The van der Waals surface area contributed by atoms with Crippen LogP contribution in [0.4, 0.5) is 0 Å². The Bertz CT molecular complexity index is 671. The number of hydrogen-bond acceptors (Lipinski definition) is 5. The zero-order valence-electron chi connectivity index (χ0n) is 9.64. The Kier molecular flexibility index (Phi) is 2.31. The Morgan fingerprint density at radius 2 is 1.95 bits per heavy atom. The fourth-order valence-corrected chi connectivity index (χ4v) is 1.85. The van der Waals surface area contributed by atoms with Crippen molar-refractivity contribution in [3.05, 3.63) is 52.8 Å². The van der Waals surface area contributed by atoms with Crippen LogP contribution in [0.15, 0.2) is 47.2 Å². The second kappa shape index (κ2) is 3.88. The Labute approximate surface area is 107 Å². The SMILES string of the molecule is O=C1CC(NC(=O)c2ccccc2O)=C(O)C2=C1O2. The average Bonchev–Trinajstić information content (AvgIpc) is 3.17. The van der Waals surface area contributed by atoms with Crippen molar-refractivity contribution in [2.45, 2.75) is 6.42 Å². The molecule has 2 aliphatic rings. The average molecular weight is 259 g/mol. The topological polar surface area (TPSA) is 99.2 Å². The van der Waals surface area contributed by atoms with Gasteiger partial charge < -0.3 is 20.3 Å². The maximum atomic E-state index is 11.9. The molecule has 0 unspecified atom stereocenters. The van der Waals surface area contributed by atoms with Gasteiger partial charge in [-0.3, -0.25) is 9.59 Å². The molecule has 6 heteroatoms. The van der Waals surface area contributed by atoms with E-state index in [1.54, 1.807) is 12.1 Å². The number of ether oxygens (including phenoxy) is 1. The molecule has 3 rings (SSSR count). The van der Waals surface area contributed by atoms with Gasteiger partial charge in [0.1, 0.15) is 5.75 Å². The number of allylic oxidation sites excluding steroid dienone is 2. The standard InChI is InChI=1S/C13H9NO5/c15-8-4-2-1-3-6(8)13(18)14-7-5-9(16)11-12(19-11)10(7)17/h1-4,15,17H,5H2,(H,14,18). The van der Waals surface area contributed by atoms with Gasteiger partial charge in [0, 0.05) is 0 Å². The summed E-state index contributed by atoms with van der Waals surface area (Å²) in [5.41, 5.74) is 0.140. The van der Waals surface area contributed by atoms with Crippen LogP contribution in [0.2, 0.25) is 0 Å². The van der Waals surface area contributed by atoms with Crippen molar-refractivity contribution in [1.82, 2.24) is 5.32 Å². The van der Waals surface area contributed by atoms with Crippen molar-refractivity contribution in [3.63, 3.8) is 0 Å². The van der Waals surface area contributed by atoms with Crippen LogP contribution >= 0.6 is 0 Å². The molecule has 1 amide bonds. The van der Waals surface area contributed by atoms with E-state index in [4.69, 9.17) is 4.74 Å². The van der Waals surface area contributed by atoms with Gasteiger partial charge in [0.05, 0.1) is 17.7 Å². The predicted octanol–water partition coefficient (Wildman–Crippen LogP) is 1.11. The lowest BCUT2D eigenvalue weighted by molar-refractivity contribution is -0.115. The van der Waals surface area contributed by atoms with E-state index in [9.17, 15) is 19.8 Å². The Morgan fingerprint density at radius 1 is 1.21 bits per heavy atom. The molecule has 0 saturated heterocycles. The van der Waals surface area contributed by atoms with E-state index < -0.39 is 5.91 Å². The number of carbonyl (C=O) groups is 2. The number of phenolic OH excluding ortho intramolecular Hbond substituents is 1. The van der Waals surface area contributed by atoms with E-state index in [2.05, 4.69) is 5.32 Å². The van der Waals surface area contributed by atoms with E-state index in [0.717, 1.165) is 0 Å². The number of aliphatic hydroxyl groups is 1. The summed E-state index contributed by atoms with van der Waals surface area (Å²) < 4.78 is 4.82. The summed E-state index contributed by atoms with van der Waals surface area (Å²) in [5.74, 6) is -1.04. The summed E-state index contributed by atoms with van der Waals surface area (Å²) in [6.45, 7) is 0. The van der Waals surface area contributed by atoms with E-state index in [0.29, 0.717) is 0 Å². The third-order valence-electron chi connectivity index (χ3n) is 2.87. The summed E-state index contributed by atoms with van der Waals surface area (Å²) in [6.07, 6.45) is -0.135. The van der Waals surface area contributed by atoms with Crippen LogP contribution in [0.1, 0.15) is 16.8 Å². The number of Topliss-reactive ketones (excluding diaryl/α,β-unsaturated/α-hetero) is 1. The molecule has 1 aliphatic carbocycles. The van der Waals surface area contributed by atoms with Crippen molar-refractivity contribution < 1.29 is 24.5 Å². The number of amides is 1. The molecule has 1 aromatic rings. The third kappa shape index (κ3) is 1.83. The molecule has 0 spiro atoms. The molecule has 6 nitrogen and oxygen atoms in total. The zero-order chi connectivity index (χ0) is 13.6. The first kappa shape index (κ1) is 11.3. The fourth-order valence-electron chi connectivity index (χ4n) is 1.85. The van der Waals surface area contributed by atoms with Gasteiger partial charge >= 0.3 is 0 Å². The zero-order valence-corrected chi connectivity index (χ0v) is 9.64. The number of carbonyl (C=O) groups excluding carboxylic acids is 2. The van der Waals surface area contributed by atoms with Crippen molar-refractivity contribution >= 4 is 11.7 Å². The second-order valence-electron chi connectivity index (χ2n) is 4.16. The van der Waals surface area contributed by atoms with Crippen LogP contribution < -0.4 is 5.32 Å². The van der Waals surface area contributed by atoms with Gasteiger partial charge in [-0.15, -0.1) is 0 Å². The molecule has 0 atom stereocenters. The van der Waals surface area contributed by atoms with Crippen LogP contribution in [-0.2, 0) is 9.53 Å². The molecule has 0 saturated carbocycles. The highest BCUT2D eigenvalue weighted by molar-refractivity contribution is 6.03. The highest BCUT2D eigenvalue weighted by Crippen LogP contribution is 2.39. The number of nitrogens with one attached hydrogen (secondary N) is 1. The van der Waals surface area contributed by atoms with Crippen LogP contribution in [0, 0.1) is 0 Å². The maximum absolute atomic E-state index is 11.9. The van der Waals surface area contributed by atoms with Gasteiger partial charge in [-0.2, -0.15) is 0 Å². The highest BCUT2D eigenvalue weighted by Gasteiger charge is 2.41. The predicted molar refractivity (Wildman–Crippen MR) is 63.0 cm³/mol. The van der Waals surface area contributed by atoms with Gasteiger partial charge in [-0.25, -0.2) is 0 Å². The monoisotopic (exact) mass is 259 g/mol. The first-order chi connectivity index (χ1) is 9.08. The number of rotatable bonds is 2. The van der Waals surface area contributed by atoms with E-state index in [-0.39, 0.29) is 46.5 Å². The number of para-hydroxylation sites is 1. The summed E-state index contributed by atoms with van der Waals surface area (Å²) in [7, 11) is 0. The molecule has 1 heterocycles. The third-order valence-corrected chi connectivity index (χ3v) is 2.87. The molecule has 1 aliphatic heterocycles. The van der Waals surface area contributed by atoms with Gasteiger partial charge in [0.25, 0.3) is 5.91 Å². The van der Waals surface area contributed by atoms with Crippen LogP contribution in [0.3, 0.4) is 0 Å². The molecule has 0 fully saturated rings. The minimum absolute atomic E-state index is 0.0618. The fraction of sp³-hybridized carbons (Fsp3) is 0.0769. The molecule has 0 radical (unpaired) electrons. The smallest absolute Gasteiger partial charge is 0.259 e. The van der Waals surface area contributed by atoms with Crippen LogP contribution in [-0.4, -0.2) is 21.9 Å². The lowest BCUT2D eigenvalue weighted by Crippen LogP contribution is -2.26. The molecule has 1 aromatic carbocycles. The molecule has 96 valence electrons. The maximum Gasteiger partial charge on any atom is 0.259 e. The Balaban J connectivity index is 1.85. The molecule has 0 aromatic heterocycles. The van der Waals surface area contributed by atoms with E-state index in [1.807, 2.05) is 0 Å². The number of aliphatic hydroxyl groups excluding tert-OH is 1. The molecule has 0 bridgehead atoms. The second-order valence-corrected chi connectivity index (χ2v) is 4.16. The van der Waals surface area contributed by atoms with Crippen molar-refractivity contribution in [2.75, 3.05) is 0 Å². The number of ketones is 1. The van der Waals surface area contributed by atoms with Crippen molar-refractivity contribution in [2.24, 2.45) is 0 Å². The normalized spacial score (nSPS) is 16.9. The number of benzene rings is 1. The lowest BCUT2D eigenvalue weighted by atomic mass is 10.1. The summed E-state index contributed by atoms with van der Waals surface area (Å²) in [6, 6.07) is 5.99. The van der Waals surface area contributed by atoms with Gasteiger partial charge in [-0.05, 0) is 12.1 Å². The summed E-state index contributed by atoms with van der Waals surface area (Å²) in [4.78, 5) is 23.4. The first-order valence-corrected chi connectivity index (χ1v) is 5.55. The summed E-state index contributed by atoms with van der Waals surface area (Å²) in [5, 5.41) is 21.7. The summed E-state index contributed by atoms with van der Waals surface area (Å²) >= 11 is 0. The lowest BCUT2D eigenvalue weighted by Gasteiger charge is -2.10. The van der Waals surface area contributed by atoms with Crippen molar-refractivity contribution in [3.8, 4) is 5.75 Å². The van der Waals surface area contributed by atoms with Crippen LogP contribution in [0.25, 0.3) is 0 Å². The van der Waals surface area contributed by atoms with Gasteiger partial charge in [0.15, 0.2) is 5.76 Å². The van der Waals surface area contributed by atoms with Gasteiger partial charge in [-0.1, -0.05) is 12.1 Å². The van der Waals surface area contributed by atoms with Crippen LogP contribution in [0.5, 0.6) is 5.75 Å².